The van der Waals surface area contributed by atoms with Gasteiger partial charge in [-0.1, -0.05) is 103 Å². The molecule has 0 radical (unpaired) electrons. The van der Waals surface area contributed by atoms with E-state index in [1.807, 2.05) is 0 Å². The van der Waals surface area contributed by atoms with Gasteiger partial charge < -0.3 is 0 Å². The maximum Gasteiger partial charge on any atom is 0.0358 e. The summed E-state index contributed by atoms with van der Waals surface area (Å²) in [7, 11) is 0. The van der Waals surface area contributed by atoms with Crippen LogP contribution in [0.4, 0.5) is 0 Å². The first kappa shape index (κ1) is 18.2. The molecule has 6 rings (SSSR count). The summed E-state index contributed by atoms with van der Waals surface area (Å²) in [5.41, 5.74) is 14.0. The first-order valence-electron chi connectivity index (χ1n) is 11.0. The third-order valence-electron chi connectivity index (χ3n) is 6.85. The molecule has 0 aromatic heterocycles. The van der Waals surface area contributed by atoms with Crippen LogP contribution in [0.25, 0.3) is 22.8 Å². The lowest BCUT2D eigenvalue weighted by Gasteiger charge is -2.22. The average molecular weight is 397 g/mol. The first-order chi connectivity index (χ1) is 15.3. The summed E-state index contributed by atoms with van der Waals surface area (Å²) in [4.78, 5) is 0. The molecule has 1 unspecified atom stereocenters. The Hall–Kier alpha value is -3.64. The van der Waals surface area contributed by atoms with Crippen molar-refractivity contribution < 1.29 is 0 Å². The van der Waals surface area contributed by atoms with E-state index in [2.05, 4.69) is 116 Å². The van der Waals surface area contributed by atoms with Crippen molar-refractivity contribution in [1.82, 2.24) is 0 Å². The highest BCUT2D eigenvalue weighted by atomic mass is 14.4. The molecule has 2 aliphatic rings. The number of benzene rings is 4. The Morgan fingerprint density at radius 3 is 2.03 bits per heavy atom. The van der Waals surface area contributed by atoms with Gasteiger partial charge in [-0.25, -0.2) is 0 Å². The molecule has 0 heterocycles. The van der Waals surface area contributed by atoms with Gasteiger partial charge in [-0.3, -0.25) is 0 Å². The Morgan fingerprint density at radius 2 is 1.26 bits per heavy atom. The lowest BCUT2D eigenvalue weighted by atomic mass is 9.81. The van der Waals surface area contributed by atoms with Crippen LogP contribution in [0.1, 0.15) is 51.8 Å². The summed E-state index contributed by atoms with van der Waals surface area (Å²) in [5, 5.41) is 0. The molecule has 0 spiro atoms. The molecule has 0 bridgehead atoms. The standard InChI is InChI=1S/C31H24/c1-21-28(22-11-4-2-5-12-22)20-25-16-10-18-27(30(21)25)31-26-17-9-8-15-24(26)19-29(31)23-13-6-3-7-14-23/h2-19,31H,20H2,1H3. The van der Waals surface area contributed by atoms with Crippen LogP contribution >= 0.6 is 0 Å². The van der Waals surface area contributed by atoms with Crippen molar-refractivity contribution in [2.45, 2.75) is 19.3 Å². The van der Waals surface area contributed by atoms with Crippen molar-refractivity contribution in [1.29, 1.82) is 0 Å². The molecule has 4 aromatic rings. The highest BCUT2D eigenvalue weighted by Crippen LogP contribution is 2.50. The molecule has 0 fully saturated rings. The highest BCUT2D eigenvalue weighted by Gasteiger charge is 2.32. The van der Waals surface area contributed by atoms with Crippen LogP contribution in [-0.2, 0) is 6.42 Å². The van der Waals surface area contributed by atoms with E-state index in [0.29, 0.717) is 0 Å². The van der Waals surface area contributed by atoms with Gasteiger partial charge in [0.2, 0.25) is 0 Å². The summed E-state index contributed by atoms with van der Waals surface area (Å²) < 4.78 is 0. The number of rotatable bonds is 3. The van der Waals surface area contributed by atoms with E-state index in [4.69, 9.17) is 0 Å². The minimum Gasteiger partial charge on any atom is -0.0622 e. The Kier molecular flexibility index (Phi) is 4.25. The zero-order chi connectivity index (χ0) is 20.8. The van der Waals surface area contributed by atoms with Gasteiger partial charge in [0, 0.05) is 5.92 Å². The van der Waals surface area contributed by atoms with E-state index in [9.17, 15) is 0 Å². The molecule has 0 N–H and O–H groups in total. The largest absolute Gasteiger partial charge is 0.0622 e. The van der Waals surface area contributed by atoms with Gasteiger partial charge in [-0.2, -0.15) is 0 Å². The second kappa shape index (κ2) is 7.25. The van der Waals surface area contributed by atoms with E-state index in [1.165, 1.54) is 55.7 Å². The highest BCUT2D eigenvalue weighted by molar-refractivity contribution is 6.00. The summed E-state index contributed by atoms with van der Waals surface area (Å²) >= 11 is 0. The Balaban J connectivity index is 1.56. The monoisotopic (exact) mass is 396 g/mol. The smallest absolute Gasteiger partial charge is 0.0358 e. The van der Waals surface area contributed by atoms with Crippen molar-refractivity contribution in [2.75, 3.05) is 0 Å². The molecule has 1 atom stereocenters. The van der Waals surface area contributed by atoms with E-state index >= 15 is 0 Å². The Labute approximate surface area is 184 Å². The van der Waals surface area contributed by atoms with E-state index < -0.39 is 0 Å². The minimum atomic E-state index is 0.263. The number of fused-ring (bicyclic) bond motifs is 2. The zero-order valence-electron chi connectivity index (χ0n) is 17.7. The lowest BCUT2D eigenvalue weighted by Crippen LogP contribution is -2.05. The SMILES string of the molecule is CC1=C(c2ccccc2)Cc2cccc(C3C(c4ccccc4)=Cc4ccccc43)c21. The van der Waals surface area contributed by atoms with Crippen LogP contribution in [0.5, 0.6) is 0 Å². The molecule has 2 aliphatic carbocycles. The molecule has 0 amide bonds. The van der Waals surface area contributed by atoms with Crippen LogP contribution in [0, 0.1) is 0 Å². The van der Waals surface area contributed by atoms with Gasteiger partial charge in [0.1, 0.15) is 0 Å². The summed E-state index contributed by atoms with van der Waals surface area (Å²) in [6.07, 6.45) is 3.40. The van der Waals surface area contributed by atoms with Crippen molar-refractivity contribution in [2.24, 2.45) is 0 Å². The van der Waals surface area contributed by atoms with Gasteiger partial charge in [-0.05, 0) is 75.1 Å². The Bertz CT molecular complexity index is 1340. The normalized spacial score (nSPS) is 16.8. The fourth-order valence-corrected chi connectivity index (χ4v) is 5.44. The molecular weight excluding hydrogens is 372 g/mol. The molecule has 148 valence electrons. The predicted molar refractivity (Wildman–Crippen MR) is 132 cm³/mol. The molecule has 0 heteroatoms. The summed E-state index contributed by atoms with van der Waals surface area (Å²) in [5.74, 6) is 0.263. The molecule has 0 nitrogen and oxygen atoms in total. The van der Waals surface area contributed by atoms with Crippen molar-refractivity contribution in [3.8, 4) is 0 Å². The number of hydrogen-bond donors (Lipinski definition) is 0. The molecule has 31 heavy (non-hydrogen) atoms. The summed E-state index contributed by atoms with van der Waals surface area (Å²) in [6.45, 7) is 2.31. The van der Waals surface area contributed by atoms with Crippen LogP contribution < -0.4 is 0 Å². The third-order valence-corrected chi connectivity index (χ3v) is 6.85. The van der Waals surface area contributed by atoms with E-state index in [0.717, 1.165) is 6.42 Å². The second-order valence-electron chi connectivity index (χ2n) is 8.56. The van der Waals surface area contributed by atoms with Crippen molar-refractivity contribution in [3.05, 3.63) is 142 Å². The first-order valence-corrected chi connectivity index (χ1v) is 11.0. The molecular formula is C31H24. The van der Waals surface area contributed by atoms with Crippen LogP contribution in [0.15, 0.2) is 103 Å². The second-order valence-corrected chi connectivity index (χ2v) is 8.56. The number of allylic oxidation sites excluding steroid dienone is 3. The molecule has 4 aromatic carbocycles. The van der Waals surface area contributed by atoms with E-state index in [1.54, 1.807) is 0 Å². The average Bonchev–Trinajstić information content (AvgIpc) is 3.38. The van der Waals surface area contributed by atoms with Crippen LogP contribution in [0.2, 0.25) is 0 Å². The molecule has 0 saturated carbocycles. The van der Waals surface area contributed by atoms with Crippen LogP contribution in [-0.4, -0.2) is 0 Å². The topological polar surface area (TPSA) is 0 Å². The quantitative estimate of drug-likeness (QED) is 0.331. The summed E-state index contributed by atoms with van der Waals surface area (Å²) in [6, 6.07) is 37.5. The maximum absolute atomic E-state index is 2.39. The minimum absolute atomic E-state index is 0.263. The Morgan fingerprint density at radius 1 is 0.613 bits per heavy atom. The lowest BCUT2D eigenvalue weighted by molar-refractivity contribution is 1.05. The number of hydrogen-bond acceptors (Lipinski definition) is 0. The van der Waals surface area contributed by atoms with Gasteiger partial charge in [-0.15, -0.1) is 0 Å². The van der Waals surface area contributed by atoms with Gasteiger partial charge in [0.25, 0.3) is 0 Å². The van der Waals surface area contributed by atoms with Crippen LogP contribution in [0.3, 0.4) is 0 Å². The fraction of sp³-hybridized carbons (Fsp3) is 0.0968. The fourth-order valence-electron chi connectivity index (χ4n) is 5.44. The van der Waals surface area contributed by atoms with E-state index in [-0.39, 0.29) is 5.92 Å². The van der Waals surface area contributed by atoms with Crippen molar-refractivity contribution >= 4 is 22.8 Å². The van der Waals surface area contributed by atoms with Gasteiger partial charge in [0.15, 0.2) is 0 Å². The van der Waals surface area contributed by atoms with Gasteiger partial charge >= 0.3 is 0 Å². The molecule has 0 saturated heterocycles. The third kappa shape index (κ3) is 2.91. The van der Waals surface area contributed by atoms with Gasteiger partial charge in [0.05, 0.1) is 0 Å². The zero-order valence-corrected chi connectivity index (χ0v) is 17.7. The maximum atomic E-state index is 2.39. The van der Waals surface area contributed by atoms with Crippen molar-refractivity contribution in [3.63, 3.8) is 0 Å². The molecule has 0 aliphatic heterocycles. The predicted octanol–water partition coefficient (Wildman–Crippen LogP) is 7.86.